The molecule has 0 aliphatic rings. The Kier molecular flexibility index (Phi) is 26.2. The number of phosphoric acid groups is 1. The first kappa shape index (κ1) is 32.6. The molecular formula is C11H29O10P4S2+3. The van der Waals surface area contributed by atoms with E-state index in [4.69, 9.17) is 14.3 Å². The molecule has 0 aliphatic carbocycles. The molecule has 0 saturated heterocycles. The van der Waals surface area contributed by atoms with Gasteiger partial charge in [0, 0.05) is 5.75 Å². The maximum Gasteiger partial charge on any atom is 0.506 e. The Morgan fingerprint density at radius 2 is 1.52 bits per heavy atom. The second-order valence-electron chi connectivity index (χ2n) is 4.41. The highest BCUT2D eigenvalue weighted by Crippen LogP contribution is 2.35. The molecule has 0 fully saturated rings. The van der Waals surface area contributed by atoms with Crippen molar-refractivity contribution in [2.45, 2.75) is 25.2 Å². The average molecular weight is 509 g/mol. The van der Waals surface area contributed by atoms with Gasteiger partial charge in [0.2, 0.25) is 0 Å². The molecule has 16 heteroatoms. The van der Waals surface area contributed by atoms with Gasteiger partial charge in [-0.05, 0) is 20.1 Å². The van der Waals surface area contributed by atoms with Crippen LogP contribution < -0.4 is 0 Å². The normalized spacial score (nSPS) is 13.4. The molecule has 0 bridgehead atoms. The van der Waals surface area contributed by atoms with Crippen molar-refractivity contribution >= 4 is 57.2 Å². The fourth-order valence-electron chi connectivity index (χ4n) is 0.868. The standard InChI is InChI=1S/C4H9O4P2S.C4H11O4P.C3H7O2PS/c1-9(5)7-3-4(11)8-10(2)6;1-2-3-4-8-9(5,6)7;1-6(4)5-2-3-7/h4H,3H2,1-2H3;2-4H2,1H3,(H2,5,6,7);2-3H2,1H3/q+1;;/p+2. The molecule has 10 nitrogen and oxygen atoms in total. The molecular weight excluding hydrogens is 480 g/mol. The van der Waals surface area contributed by atoms with E-state index in [9.17, 15) is 18.3 Å². The average Bonchev–Trinajstić information content (AvgIpc) is 2.50. The minimum absolute atomic E-state index is 0.0870. The van der Waals surface area contributed by atoms with Gasteiger partial charge in [0.15, 0.2) is 25.4 Å². The molecule has 162 valence electrons. The van der Waals surface area contributed by atoms with Crippen LogP contribution in [0.25, 0.3) is 0 Å². The first-order valence-electron chi connectivity index (χ1n) is 7.49. The Bertz CT molecular complexity index is 462. The van der Waals surface area contributed by atoms with Gasteiger partial charge in [-0.2, -0.15) is 12.6 Å². The van der Waals surface area contributed by atoms with Crippen LogP contribution in [0.5, 0.6) is 0 Å². The molecule has 27 heavy (non-hydrogen) atoms. The zero-order valence-corrected chi connectivity index (χ0v) is 21.0. The Morgan fingerprint density at radius 1 is 1.00 bits per heavy atom. The van der Waals surface area contributed by atoms with Crippen LogP contribution in [0.1, 0.15) is 19.8 Å². The van der Waals surface area contributed by atoms with Gasteiger partial charge in [0.05, 0.1) is 6.61 Å². The molecule has 4 unspecified atom stereocenters. The van der Waals surface area contributed by atoms with Gasteiger partial charge >= 0.3 is 31.9 Å². The maximum absolute atomic E-state index is 10.4. The minimum atomic E-state index is -4.20. The molecule has 0 aliphatic heterocycles. The van der Waals surface area contributed by atoms with Crippen LogP contribution in [0.2, 0.25) is 0 Å². The Balaban J connectivity index is -0.000000329. The summed E-state index contributed by atoms with van der Waals surface area (Å²) >= 11 is 7.73. The van der Waals surface area contributed by atoms with Crippen molar-refractivity contribution in [3.05, 3.63) is 0 Å². The topological polar surface area (TPSA) is 146 Å². The lowest BCUT2D eigenvalue weighted by atomic mass is 10.4. The second kappa shape index (κ2) is 21.7. The molecule has 0 rings (SSSR count). The van der Waals surface area contributed by atoms with E-state index in [0.29, 0.717) is 18.8 Å². The fraction of sp³-hybridized carbons (Fsp3) is 1.00. The lowest BCUT2D eigenvalue weighted by Crippen LogP contribution is -2.06. The van der Waals surface area contributed by atoms with Crippen molar-refractivity contribution in [2.24, 2.45) is 0 Å². The van der Waals surface area contributed by atoms with Crippen molar-refractivity contribution in [1.82, 2.24) is 0 Å². The molecule has 0 aromatic carbocycles. The molecule has 2 N–H and O–H groups in total. The lowest BCUT2D eigenvalue weighted by molar-refractivity contribution is 0.194. The predicted molar refractivity (Wildman–Crippen MR) is 113 cm³/mol. The molecule has 0 spiro atoms. The van der Waals surface area contributed by atoms with Gasteiger partial charge in [-0.25, -0.2) is 4.57 Å². The highest BCUT2D eigenvalue weighted by atomic mass is 32.1. The summed E-state index contributed by atoms with van der Waals surface area (Å²) in [4.78, 5) is 16.3. The summed E-state index contributed by atoms with van der Waals surface area (Å²) in [6.07, 6.45) is 1.56. The van der Waals surface area contributed by atoms with Gasteiger partial charge in [-0.15, -0.1) is 26.2 Å². The zero-order valence-electron chi connectivity index (χ0n) is 15.7. The summed E-state index contributed by atoms with van der Waals surface area (Å²) < 4.78 is 59.1. The second-order valence-corrected chi connectivity index (χ2v) is 10.0. The summed E-state index contributed by atoms with van der Waals surface area (Å²) in [6, 6.07) is 0. The number of hydrogen-bond acceptors (Lipinski definition) is 10. The van der Waals surface area contributed by atoms with E-state index in [0.717, 1.165) is 6.42 Å². The van der Waals surface area contributed by atoms with Gasteiger partial charge < -0.3 is 9.79 Å². The first-order valence-corrected chi connectivity index (χ1v) is 15.0. The quantitative estimate of drug-likeness (QED) is 0.131. The summed E-state index contributed by atoms with van der Waals surface area (Å²) in [5, 5.41) is 0. The van der Waals surface area contributed by atoms with Gasteiger partial charge in [-0.3, -0.25) is 4.52 Å². The van der Waals surface area contributed by atoms with E-state index in [1.54, 1.807) is 0 Å². The zero-order chi connectivity index (χ0) is 21.9. The third-order valence-electron chi connectivity index (χ3n) is 1.79. The number of unbranched alkanes of at least 4 members (excludes halogenated alkanes) is 1. The fourth-order valence-corrected chi connectivity index (χ4v) is 3.16. The van der Waals surface area contributed by atoms with Crippen molar-refractivity contribution < 1.29 is 46.1 Å². The lowest BCUT2D eigenvalue weighted by Gasteiger charge is -2.02. The van der Waals surface area contributed by atoms with Crippen LogP contribution in [0.3, 0.4) is 0 Å². The Labute approximate surface area is 174 Å². The molecule has 0 aromatic heterocycles. The highest BCUT2D eigenvalue weighted by molar-refractivity contribution is 7.81. The molecule has 0 heterocycles. The number of phosphoric ester groups is 1. The summed E-state index contributed by atoms with van der Waals surface area (Å²) in [5.41, 5.74) is -0.567. The molecule has 0 aromatic rings. The molecule has 0 radical (unpaired) electrons. The van der Waals surface area contributed by atoms with Crippen LogP contribution >= 0.6 is 57.2 Å². The van der Waals surface area contributed by atoms with Crippen molar-refractivity contribution in [2.75, 3.05) is 45.6 Å². The van der Waals surface area contributed by atoms with E-state index in [1.165, 1.54) is 20.0 Å². The van der Waals surface area contributed by atoms with Gasteiger partial charge in [-0.1, -0.05) is 13.3 Å². The van der Waals surface area contributed by atoms with Crippen LogP contribution in [0.15, 0.2) is 0 Å². The third kappa shape index (κ3) is 42.2. The van der Waals surface area contributed by atoms with Crippen LogP contribution in [0, 0.1) is 0 Å². The van der Waals surface area contributed by atoms with E-state index >= 15 is 0 Å². The minimum Gasteiger partial charge on any atom is -0.303 e. The summed E-state index contributed by atoms with van der Waals surface area (Å²) in [5.74, 6) is 0.634. The Hall–Kier alpha value is 0.990. The van der Waals surface area contributed by atoms with Crippen molar-refractivity contribution in [3.8, 4) is 0 Å². The SMILES string of the molecule is CCCCOP(=O)(O)O.C[P+](=O)OCC(S)O[P+](C)=O.C[P+](=O)OCCS. The summed E-state index contributed by atoms with van der Waals surface area (Å²) in [7, 11) is -8.90. The number of rotatable bonds is 12. The largest absolute Gasteiger partial charge is 0.506 e. The maximum atomic E-state index is 10.4. The van der Waals surface area contributed by atoms with Crippen LogP contribution in [-0.2, 0) is 36.4 Å². The Morgan fingerprint density at radius 3 is 1.81 bits per heavy atom. The smallest absolute Gasteiger partial charge is 0.303 e. The van der Waals surface area contributed by atoms with E-state index in [2.05, 4.69) is 38.8 Å². The molecule has 0 amide bonds. The first-order chi connectivity index (χ1) is 12.4. The monoisotopic (exact) mass is 509 g/mol. The van der Waals surface area contributed by atoms with Crippen LogP contribution in [-0.4, -0.2) is 60.8 Å². The molecule has 0 saturated carbocycles. The highest BCUT2D eigenvalue weighted by Gasteiger charge is 2.19. The van der Waals surface area contributed by atoms with Crippen molar-refractivity contribution in [3.63, 3.8) is 0 Å². The predicted octanol–water partition coefficient (Wildman–Crippen LogP) is 4.22. The number of thiol groups is 2. The van der Waals surface area contributed by atoms with E-state index < -0.39 is 37.3 Å². The van der Waals surface area contributed by atoms with Gasteiger partial charge in [0.1, 0.15) is 13.2 Å². The van der Waals surface area contributed by atoms with E-state index in [1.807, 2.05) is 6.92 Å². The van der Waals surface area contributed by atoms with Crippen molar-refractivity contribution in [1.29, 1.82) is 0 Å². The molecule has 4 atom stereocenters. The van der Waals surface area contributed by atoms with Gasteiger partial charge in [0.25, 0.3) is 0 Å². The van der Waals surface area contributed by atoms with Crippen LogP contribution in [0.4, 0.5) is 0 Å². The van der Waals surface area contributed by atoms with E-state index in [-0.39, 0.29) is 13.2 Å². The number of hydrogen-bond donors (Lipinski definition) is 4. The third-order valence-corrected chi connectivity index (χ3v) is 4.52. The summed E-state index contributed by atoms with van der Waals surface area (Å²) in [6.45, 7) is 7.01.